The molecule has 0 aliphatic heterocycles. The monoisotopic (exact) mass is 295 g/mol. The van der Waals surface area contributed by atoms with Crippen LogP contribution >= 0.6 is 22.7 Å². The molecule has 19 heavy (non-hydrogen) atoms. The molecule has 2 rings (SSSR count). The second-order valence-electron chi connectivity index (χ2n) is 3.95. The van der Waals surface area contributed by atoms with Crippen LogP contribution in [0.25, 0.3) is 0 Å². The number of esters is 1. The van der Waals surface area contributed by atoms with Crippen molar-refractivity contribution in [2.75, 3.05) is 14.2 Å². The van der Waals surface area contributed by atoms with E-state index in [4.69, 9.17) is 0 Å². The van der Waals surface area contributed by atoms with Gasteiger partial charge in [-0.15, -0.1) is 11.3 Å². The van der Waals surface area contributed by atoms with Crippen molar-refractivity contribution >= 4 is 34.6 Å². The van der Waals surface area contributed by atoms with E-state index in [0.717, 1.165) is 16.9 Å². The van der Waals surface area contributed by atoms with Gasteiger partial charge in [0.15, 0.2) is 0 Å². The number of rotatable bonds is 4. The third-order valence-corrected chi connectivity index (χ3v) is 4.34. The number of methoxy groups -OCH3 is 1. The number of nitrogens with zero attached hydrogens (tertiary/aromatic N) is 1. The predicted octanol–water partition coefficient (Wildman–Crippen LogP) is 2.87. The molecule has 0 aliphatic rings. The van der Waals surface area contributed by atoms with Gasteiger partial charge in [-0.25, -0.2) is 4.79 Å². The van der Waals surface area contributed by atoms with Crippen LogP contribution in [0.2, 0.25) is 0 Å². The highest BCUT2D eigenvalue weighted by atomic mass is 32.1. The van der Waals surface area contributed by atoms with Crippen molar-refractivity contribution in [1.82, 2.24) is 4.90 Å². The fourth-order valence-electron chi connectivity index (χ4n) is 1.58. The third kappa shape index (κ3) is 3.21. The molecule has 0 saturated carbocycles. The summed E-state index contributed by atoms with van der Waals surface area (Å²) in [6, 6.07) is 5.26. The Morgan fingerprint density at radius 1 is 1.26 bits per heavy atom. The van der Waals surface area contributed by atoms with Gasteiger partial charge in [0, 0.05) is 13.6 Å². The minimum atomic E-state index is -0.412. The Kier molecular flexibility index (Phi) is 4.34. The molecule has 100 valence electrons. The van der Waals surface area contributed by atoms with Crippen molar-refractivity contribution in [3.63, 3.8) is 0 Å². The highest BCUT2D eigenvalue weighted by molar-refractivity contribution is 7.15. The zero-order chi connectivity index (χ0) is 13.8. The fraction of sp³-hybridized carbons (Fsp3) is 0.231. The second kappa shape index (κ2) is 5.99. The molecule has 0 unspecified atom stereocenters. The number of carbonyl (C=O) groups excluding carboxylic acids is 2. The van der Waals surface area contributed by atoms with Gasteiger partial charge in [0.25, 0.3) is 5.91 Å². The van der Waals surface area contributed by atoms with E-state index in [1.165, 1.54) is 7.11 Å². The summed E-state index contributed by atoms with van der Waals surface area (Å²) in [7, 11) is 3.07. The number of carbonyl (C=O) groups is 2. The number of thiophene rings is 2. The van der Waals surface area contributed by atoms with E-state index >= 15 is 0 Å². The summed E-state index contributed by atoms with van der Waals surface area (Å²) < 4.78 is 4.62. The van der Waals surface area contributed by atoms with Gasteiger partial charge in [0.05, 0.1) is 12.0 Å². The maximum Gasteiger partial charge on any atom is 0.348 e. The molecule has 6 heteroatoms. The van der Waals surface area contributed by atoms with E-state index in [9.17, 15) is 9.59 Å². The maximum atomic E-state index is 12.2. The van der Waals surface area contributed by atoms with Crippen LogP contribution < -0.4 is 0 Å². The second-order valence-corrected chi connectivity index (χ2v) is 5.81. The lowest BCUT2D eigenvalue weighted by Crippen LogP contribution is -2.25. The van der Waals surface area contributed by atoms with Crippen LogP contribution in [0, 0.1) is 0 Å². The van der Waals surface area contributed by atoms with Gasteiger partial charge in [0.1, 0.15) is 4.88 Å². The predicted molar refractivity (Wildman–Crippen MR) is 75.8 cm³/mol. The van der Waals surface area contributed by atoms with Gasteiger partial charge in [-0.2, -0.15) is 11.3 Å². The fourth-order valence-corrected chi connectivity index (χ4v) is 3.16. The zero-order valence-electron chi connectivity index (χ0n) is 10.6. The van der Waals surface area contributed by atoms with Crippen molar-refractivity contribution in [1.29, 1.82) is 0 Å². The lowest BCUT2D eigenvalue weighted by molar-refractivity contribution is 0.0606. The molecule has 4 nitrogen and oxygen atoms in total. The Balaban J connectivity index is 2.06. The first kappa shape index (κ1) is 13.8. The summed E-state index contributed by atoms with van der Waals surface area (Å²) in [6.07, 6.45) is 0. The van der Waals surface area contributed by atoms with Crippen LogP contribution in [0.3, 0.4) is 0 Å². The standard InChI is InChI=1S/C13H13NO3S2/c1-14(7-9-5-6-18-8-9)12(15)10-3-4-11(19-10)13(16)17-2/h3-6,8H,7H2,1-2H3. The first-order chi connectivity index (χ1) is 9.11. The van der Waals surface area contributed by atoms with Crippen molar-refractivity contribution < 1.29 is 14.3 Å². The van der Waals surface area contributed by atoms with E-state index < -0.39 is 5.97 Å². The van der Waals surface area contributed by atoms with E-state index in [-0.39, 0.29) is 5.91 Å². The molecule has 2 aromatic rings. The summed E-state index contributed by atoms with van der Waals surface area (Å²) in [5.41, 5.74) is 1.10. The van der Waals surface area contributed by atoms with Crippen LogP contribution in [-0.4, -0.2) is 30.9 Å². The summed E-state index contributed by atoms with van der Waals surface area (Å²) >= 11 is 2.76. The lowest BCUT2D eigenvalue weighted by Gasteiger charge is -2.15. The Hall–Kier alpha value is -1.66. The van der Waals surface area contributed by atoms with Gasteiger partial charge in [-0.05, 0) is 34.5 Å². The molecule has 1 amide bonds. The number of hydrogen-bond donors (Lipinski definition) is 0. The van der Waals surface area contributed by atoms with E-state index in [1.807, 2.05) is 16.8 Å². The molecule has 0 bridgehead atoms. The largest absolute Gasteiger partial charge is 0.465 e. The average molecular weight is 295 g/mol. The van der Waals surface area contributed by atoms with Crippen molar-refractivity contribution in [2.45, 2.75) is 6.54 Å². The Morgan fingerprint density at radius 2 is 2.00 bits per heavy atom. The minimum Gasteiger partial charge on any atom is -0.465 e. The van der Waals surface area contributed by atoms with Crippen LogP contribution in [0.4, 0.5) is 0 Å². The summed E-state index contributed by atoms with van der Waals surface area (Å²) in [5.74, 6) is -0.504. The molecule has 2 heterocycles. The highest BCUT2D eigenvalue weighted by Crippen LogP contribution is 2.20. The molecule has 2 aromatic heterocycles. The molecule has 0 N–H and O–H groups in total. The first-order valence-electron chi connectivity index (χ1n) is 5.56. The molecule has 0 fully saturated rings. The molecule has 0 aromatic carbocycles. The van der Waals surface area contributed by atoms with E-state index in [0.29, 0.717) is 16.3 Å². The first-order valence-corrected chi connectivity index (χ1v) is 7.32. The Morgan fingerprint density at radius 3 is 2.63 bits per heavy atom. The molecule has 0 aliphatic carbocycles. The average Bonchev–Trinajstić information content (AvgIpc) is 3.07. The van der Waals surface area contributed by atoms with Gasteiger partial charge in [-0.3, -0.25) is 4.79 Å². The Bertz CT molecular complexity index is 574. The molecule has 0 spiro atoms. The van der Waals surface area contributed by atoms with Crippen molar-refractivity contribution in [3.05, 3.63) is 44.3 Å². The molecule has 0 saturated heterocycles. The van der Waals surface area contributed by atoms with Crippen LogP contribution in [-0.2, 0) is 11.3 Å². The van der Waals surface area contributed by atoms with Crippen LogP contribution in [0.5, 0.6) is 0 Å². The number of amides is 1. The van der Waals surface area contributed by atoms with Crippen molar-refractivity contribution in [2.24, 2.45) is 0 Å². The van der Waals surface area contributed by atoms with Crippen molar-refractivity contribution in [3.8, 4) is 0 Å². The number of ether oxygens (including phenoxy) is 1. The molecular formula is C13H13NO3S2. The van der Waals surface area contributed by atoms with Gasteiger partial charge >= 0.3 is 5.97 Å². The topological polar surface area (TPSA) is 46.6 Å². The summed E-state index contributed by atoms with van der Waals surface area (Å²) in [4.78, 5) is 26.1. The van der Waals surface area contributed by atoms with Crippen LogP contribution in [0.15, 0.2) is 29.0 Å². The van der Waals surface area contributed by atoms with Gasteiger partial charge < -0.3 is 9.64 Å². The molecule has 0 atom stereocenters. The quantitative estimate of drug-likeness (QED) is 0.815. The van der Waals surface area contributed by atoms with Gasteiger partial charge in [-0.1, -0.05) is 0 Å². The van der Waals surface area contributed by atoms with Crippen LogP contribution in [0.1, 0.15) is 24.9 Å². The SMILES string of the molecule is COC(=O)c1ccc(C(=O)N(C)Cc2ccsc2)s1. The maximum absolute atomic E-state index is 12.2. The normalized spacial score (nSPS) is 10.2. The third-order valence-electron chi connectivity index (χ3n) is 2.55. The minimum absolute atomic E-state index is 0.0913. The van der Waals surface area contributed by atoms with E-state index in [2.05, 4.69) is 4.74 Å². The van der Waals surface area contributed by atoms with Gasteiger partial charge in [0.2, 0.25) is 0 Å². The zero-order valence-corrected chi connectivity index (χ0v) is 12.2. The molecular weight excluding hydrogens is 282 g/mol. The summed E-state index contributed by atoms with van der Waals surface area (Å²) in [5, 5.41) is 3.99. The number of hydrogen-bond acceptors (Lipinski definition) is 5. The van der Waals surface area contributed by atoms with E-state index in [1.54, 1.807) is 35.4 Å². The Labute approximate surface area is 119 Å². The molecule has 0 radical (unpaired) electrons. The highest BCUT2D eigenvalue weighted by Gasteiger charge is 2.17. The summed E-state index contributed by atoms with van der Waals surface area (Å²) in [6.45, 7) is 0.563. The smallest absolute Gasteiger partial charge is 0.348 e. The lowest BCUT2D eigenvalue weighted by atomic mass is 10.3.